The van der Waals surface area contributed by atoms with Gasteiger partial charge in [0, 0.05) is 0 Å². The van der Waals surface area contributed by atoms with E-state index in [2.05, 4.69) is 0 Å². The van der Waals surface area contributed by atoms with Gasteiger partial charge in [0.25, 0.3) is 0 Å². The Balaban J connectivity index is 0.000000640. The molecule has 0 aliphatic carbocycles. The van der Waals surface area contributed by atoms with Crippen molar-refractivity contribution >= 4 is 18.2 Å². The summed E-state index contributed by atoms with van der Waals surface area (Å²) < 4.78 is 4.75. The highest BCUT2D eigenvalue weighted by atomic mass is 35.5. The minimum absolute atomic E-state index is 0. The van der Waals surface area contributed by atoms with Crippen LogP contribution in [0.2, 0.25) is 0 Å². The molecular weight excluding hydrogens is 140 g/mol. The highest BCUT2D eigenvalue weighted by Crippen LogP contribution is 1.95. The van der Waals surface area contributed by atoms with Gasteiger partial charge in [0.05, 0.1) is 6.26 Å². The first-order chi connectivity index (χ1) is 3.80. The quantitative estimate of drug-likeness (QED) is 0.458. The number of amidine groups is 1. The molecule has 0 amide bonds. The molecule has 0 bridgehead atoms. The summed E-state index contributed by atoms with van der Waals surface area (Å²) in [6.07, 6.45) is 1.48. The molecule has 0 spiro atoms. The maximum Gasteiger partial charge on any atom is 0.168 e. The van der Waals surface area contributed by atoms with Crippen molar-refractivity contribution in [2.75, 3.05) is 0 Å². The SMILES string of the molecule is Cl.N=C(N)c1ccco1. The Labute approximate surface area is 58.8 Å². The van der Waals surface area contributed by atoms with Crippen molar-refractivity contribution in [2.45, 2.75) is 0 Å². The van der Waals surface area contributed by atoms with E-state index in [1.165, 1.54) is 6.26 Å². The van der Waals surface area contributed by atoms with Crippen LogP contribution in [-0.4, -0.2) is 5.84 Å². The van der Waals surface area contributed by atoms with Gasteiger partial charge < -0.3 is 10.2 Å². The zero-order chi connectivity index (χ0) is 5.98. The molecule has 0 unspecified atom stereocenters. The number of halogens is 1. The topological polar surface area (TPSA) is 63.0 Å². The lowest BCUT2D eigenvalue weighted by Crippen LogP contribution is -2.08. The molecule has 4 heteroatoms. The zero-order valence-electron chi connectivity index (χ0n) is 4.63. The first-order valence-electron chi connectivity index (χ1n) is 2.18. The van der Waals surface area contributed by atoms with Gasteiger partial charge in [-0.3, -0.25) is 5.41 Å². The van der Waals surface area contributed by atoms with Crippen molar-refractivity contribution in [2.24, 2.45) is 5.73 Å². The van der Waals surface area contributed by atoms with Crippen LogP contribution in [0.1, 0.15) is 5.76 Å². The van der Waals surface area contributed by atoms with Crippen molar-refractivity contribution in [3.05, 3.63) is 24.2 Å². The lowest BCUT2D eigenvalue weighted by molar-refractivity contribution is 0.556. The van der Waals surface area contributed by atoms with Crippen molar-refractivity contribution in [1.29, 1.82) is 5.41 Å². The van der Waals surface area contributed by atoms with E-state index in [9.17, 15) is 0 Å². The van der Waals surface area contributed by atoms with Gasteiger partial charge in [-0.1, -0.05) is 0 Å². The van der Waals surface area contributed by atoms with E-state index in [0.717, 1.165) is 0 Å². The Kier molecular flexibility index (Phi) is 2.81. The lowest BCUT2D eigenvalue weighted by atomic mass is 10.4. The lowest BCUT2D eigenvalue weighted by Gasteiger charge is -1.84. The van der Waals surface area contributed by atoms with Crippen LogP contribution in [0.3, 0.4) is 0 Å². The third-order valence-corrected chi connectivity index (χ3v) is 0.787. The molecule has 0 aromatic carbocycles. The molecule has 1 aromatic rings. The average Bonchev–Trinajstić information content (AvgIpc) is 2.12. The van der Waals surface area contributed by atoms with Crippen LogP contribution < -0.4 is 5.73 Å². The van der Waals surface area contributed by atoms with Gasteiger partial charge in [0.15, 0.2) is 11.6 Å². The Hall–Kier alpha value is -0.960. The molecule has 1 rings (SSSR count). The molecular formula is C5H7ClN2O. The second-order valence-electron chi connectivity index (χ2n) is 1.39. The monoisotopic (exact) mass is 146 g/mol. The number of nitrogens with two attached hydrogens (primary N) is 1. The third kappa shape index (κ3) is 1.77. The molecule has 0 saturated heterocycles. The zero-order valence-corrected chi connectivity index (χ0v) is 5.44. The summed E-state index contributed by atoms with van der Waals surface area (Å²) in [6, 6.07) is 3.33. The van der Waals surface area contributed by atoms with Gasteiger partial charge in [0.2, 0.25) is 0 Å². The van der Waals surface area contributed by atoms with Gasteiger partial charge in [0.1, 0.15) is 0 Å². The molecule has 0 radical (unpaired) electrons. The van der Waals surface area contributed by atoms with Crippen molar-refractivity contribution in [3.8, 4) is 0 Å². The van der Waals surface area contributed by atoms with Crippen LogP contribution in [0, 0.1) is 5.41 Å². The maximum atomic E-state index is 6.84. The van der Waals surface area contributed by atoms with Gasteiger partial charge in [-0.15, -0.1) is 12.4 Å². The van der Waals surface area contributed by atoms with E-state index < -0.39 is 0 Å². The van der Waals surface area contributed by atoms with Crippen LogP contribution in [-0.2, 0) is 0 Å². The number of nitrogens with one attached hydrogen (secondary N) is 1. The van der Waals surface area contributed by atoms with Crippen LogP contribution in [0.4, 0.5) is 0 Å². The fourth-order valence-electron chi connectivity index (χ4n) is 0.432. The van der Waals surface area contributed by atoms with Crippen molar-refractivity contribution in [1.82, 2.24) is 0 Å². The van der Waals surface area contributed by atoms with E-state index in [1.807, 2.05) is 0 Å². The second kappa shape index (κ2) is 3.14. The van der Waals surface area contributed by atoms with Crippen molar-refractivity contribution in [3.63, 3.8) is 0 Å². The second-order valence-corrected chi connectivity index (χ2v) is 1.39. The summed E-state index contributed by atoms with van der Waals surface area (Å²) in [4.78, 5) is 0. The van der Waals surface area contributed by atoms with Gasteiger partial charge in [-0.2, -0.15) is 0 Å². The smallest absolute Gasteiger partial charge is 0.168 e. The minimum Gasteiger partial charge on any atom is -0.461 e. The molecule has 0 fully saturated rings. The van der Waals surface area contributed by atoms with E-state index in [4.69, 9.17) is 15.6 Å². The number of furan rings is 1. The number of rotatable bonds is 1. The number of hydrogen-bond acceptors (Lipinski definition) is 2. The molecule has 0 saturated carbocycles. The summed E-state index contributed by atoms with van der Waals surface area (Å²) in [6.45, 7) is 0. The number of nitrogen functional groups attached to an aromatic ring is 1. The predicted octanol–water partition coefficient (Wildman–Crippen LogP) is 0.985. The molecule has 3 nitrogen and oxygen atoms in total. The highest BCUT2D eigenvalue weighted by molar-refractivity contribution is 5.91. The predicted molar refractivity (Wildman–Crippen MR) is 37.0 cm³/mol. The largest absolute Gasteiger partial charge is 0.461 e. The maximum absolute atomic E-state index is 6.84. The van der Waals surface area contributed by atoms with E-state index in [-0.39, 0.29) is 18.2 Å². The minimum atomic E-state index is -0.0324. The highest BCUT2D eigenvalue weighted by Gasteiger charge is 1.94. The normalized spacial score (nSPS) is 8.00. The molecule has 0 atom stereocenters. The fourth-order valence-corrected chi connectivity index (χ4v) is 0.432. The Morgan fingerprint density at radius 1 is 1.67 bits per heavy atom. The van der Waals surface area contributed by atoms with E-state index >= 15 is 0 Å². The Bertz CT molecular complexity index is 183. The van der Waals surface area contributed by atoms with Gasteiger partial charge >= 0.3 is 0 Å². The standard InChI is InChI=1S/C5H6N2O.ClH/c6-5(7)4-2-1-3-8-4;/h1-3H,(H3,6,7);1H. The average molecular weight is 147 g/mol. The van der Waals surface area contributed by atoms with Crippen LogP contribution in [0.15, 0.2) is 22.8 Å². The third-order valence-electron chi connectivity index (χ3n) is 0.787. The molecule has 1 aromatic heterocycles. The van der Waals surface area contributed by atoms with Gasteiger partial charge in [-0.05, 0) is 12.1 Å². The van der Waals surface area contributed by atoms with E-state index in [0.29, 0.717) is 5.76 Å². The molecule has 9 heavy (non-hydrogen) atoms. The van der Waals surface area contributed by atoms with Gasteiger partial charge in [-0.25, -0.2) is 0 Å². The summed E-state index contributed by atoms with van der Waals surface area (Å²) in [5.41, 5.74) is 5.05. The van der Waals surface area contributed by atoms with Crippen molar-refractivity contribution < 1.29 is 4.42 Å². The summed E-state index contributed by atoms with van der Waals surface area (Å²) in [5, 5.41) is 6.84. The Morgan fingerprint density at radius 3 is 2.56 bits per heavy atom. The van der Waals surface area contributed by atoms with Crippen LogP contribution in [0.25, 0.3) is 0 Å². The van der Waals surface area contributed by atoms with Crippen LogP contribution >= 0.6 is 12.4 Å². The molecule has 1 heterocycles. The first kappa shape index (κ1) is 8.04. The molecule has 0 aliphatic rings. The van der Waals surface area contributed by atoms with Crippen LogP contribution in [0.5, 0.6) is 0 Å². The molecule has 3 N–H and O–H groups in total. The summed E-state index contributed by atoms with van der Waals surface area (Å²) >= 11 is 0. The summed E-state index contributed by atoms with van der Waals surface area (Å²) in [5.74, 6) is 0.389. The number of hydrogen-bond donors (Lipinski definition) is 2. The first-order valence-corrected chi connectivity index (χ1v) is 2.18. The molecule has 0 aliphatic heterocycles. The summed E-state index contributed by atoms with van der Waals surface area (Å²) in [7, 11) is 0. The molecule has 50 valence electrons. The fraction of sp³-hybridized carbons (Fsp3) is 0. The van der Waals surface area contributed by atoms with E-state index in [1.54, 1.807) is 12.1 Å². The Morgan fingerprint density at radius 2 is 2.33 bits per heavy atom.